The molecule has 1 aliphatic rings. The molecule has 1 saturated heterocycles. The van der Waals surface area contributed by atoms with E-state index in [1.807, 2.05) is 0 Å². The predicted molar refractivity (Wildman–Crippen MR) is 86.1 cm³/mol. The minimum absolute atomic E-state index is 0.0287. The molecular formula is C17H19N3O5. The number of ether oxygens (including phenoxy) is 1. The van der Waals surface area contributed by atoms with E-state index in [-0.39, 0.29) is 25.0 Å². The molecule has 1 N–H and O–H groups in total. The van der Waals surface area contributed by atoms with Crippen molar-refractivity contribution in [2.24, 2.45) is 0 Å². The van der Waals surface area contributed by atoms with E-state index < -0.39 is 5.97 Å². The van der Waals surface area contributed by atoms with Gasteiger partial charge in [0.1, 0.15) is 5.75 Å². The second-order valence-electron chi connectivity index (χ2n) is 5.94. The molecule has 25 heavy (non-hydrogen) atoms. The number of hydrogen-bond acceptors (Lipinski definition) is 6. The molecule has 1 atom stereocenters. The largest absolute Gasteiger partial charge is 0.485 e. The number of aryl methyl sites for hydroxylation is 1. The molecule has 1 amide bonds. The Kier molecular flexibility index (Phi) is 4.97. The molecule has 0 saturated carbocycles. The number of rotatable bonds is 6. The molecule has 1 aliphatic heterocycles. The number of carboxylic acids is 1. The summed E-state index contributed by atoms with van der Waals surface area (Å²) in [6.45, 7) is 2.41. The minimum atomic E-state index is -0.891. The van der Waals surface area contributed by atoms with Gasteiger partial charge in [-0.3, -0.25) is 9.59 Å². The normalized spacial score (nSPS) is 16.8. The van der Waals surface area contributed by atoms with Crippen LogP contribution in [0.3, 0.4) is 0 Å². The molecule has 8 heteroatoms. The first-order valence-electron chi connectivity index (χ1n) is 8.08. The summed E-state index contributed by atoms with van der Waals surface area (Å²) in [6, 6.07) is 6.56. The fraction of sp³-hybridized carbons (Fsp3) is 0.412. The number of aliphatic carboxylic acids is 1. The summed E-state index contributed by atoms with van der Waals surface area (Å²) in [4.78, 5) is 29.3. The molecule has 3 rings (SSSR count). The number of likely N-dealkylation sites (tertiary alicyclic amines) is 1. The second-order valence-corrected chi connectivity index (χ2v) is 5.94. The quantitative estimate of drug-likeness (QED) is 0.854. The van der Waals surface area contributed by atoms with E-state index in [1.54, 1.807) is 36.1 Å². The second kappa shape index (κ2) is 7.33. The van der Waals surface area contributed by atoms with Crippen molar-refractivity contribution in [3.05, 3.63) is 41.5 Å². The molecule has 1 aromatic carbocycles. The van der Waals surface area contributed by atoms with Crippen molar-refractivity contribution in [3.63, 3.8) is 0 Å². The van der Waals surface area contributed by atoms with Crippen LogP contribution in [0.25, 0.3) is 0 Å². The van der Waals surface area contributed by atoms with Crippen LogP contribution < -0.4 is 4.74 Å². The number of carboxylic acid groups (broad SMARTS) is 1. The molecule has 8 nitrogen and oxygen atoms in total. The van der Waals surface area contributed by atoms with Crippen molar-refractivity contribution in [1.29, 1.82) is 0 Å². The predicted octanol–water partition coefficient (Wildman–Crippen LogP) is 2.04. The molecule has 2 heterocycles. The number of nitrogens with zero attached hydrogens (tertiary/aromatic N) is 3. The smallest absolute Gasteiger partial charge is 0.305 e. The number of benzene rings is 1. The fourth-order valence-electron chi connectivity index (χ4n) is 2.95. The lowest BCUT2D eigenvalue weighted by Gasteiger charge is -2.23. The van der Waals surface area contributed by atoms with Crippen LogP contribution >= 0.6 is 0 Å². The van der Waals surface area contributed by atoms with E-state index in [4.69, 9.17) is 14.4 Å². The average molecular weight is 345 g/mol. The molecular weight excluding hydrogens is 326 g/mol. The van der Waals surface area contributed by atoms with Gasteiger partial charge in [0.25, 0.3) is 5.91 Å². The Morgan fingerprint density at radius 2 is 2.28 bits per heavy atom. The third-order valence-electron chi connectivity index (χ3n) is 4.07. The van der Waals surface area contributed by atoms with E-state index in [9.17, 15) is 9.59 Å². The fourth-order valence-corrected chi connectivity index (χ4v) is 2.95. The van der Waals surface area contributed by atoms with Gasteiger partial charge in [0.15, 0.2) is 6.61 Å². The molecule has 0 bridgehead atoms. The van der Waals surface area contributed by atoms with Crippen LogP contribution in [-0.4, -0.2) is 44.6 Å². The van der Waals surface area contributed by atoms with Crippen LogP contribution in [0.15, 0.2) is 28.8 Å². The lowest BCUT2D eigenvalue weighted by atomic mass is 10.1. The number of hydrogen-bond donors (Lipinski definition) is 1. The van der Waals surface area contributed by atoms with Crippen molar-refractivity contribution < 1.29 is 24.0 Å². The van der Waals surface area contributed by atoms with Gasteiger partial charge >= 0.3 is 5.97 Å². The zero-order valence-electron chi connectivity index (χ0n) is 13.8. The zero-order valence-corrected chi connectivity index (χ0v) is 13.8. The van der Waals surface area contributed by atoms with Crippen molar-refractivity contribution in [2.45, 2.75) is 38.8 Å². The lowest BCUT2D eigenvalue weighted by Crippen LogP contribution is -2.36. The highest BCUT2D eigenvalue weighted by Gasteiger charge is 2.31. The van der Waals surface area contributed by atoms with Crippen LogP contribution in [-0.2, 0) is 11.4 Å². The summed E-state index contributed by atoms with van der Waals surface area (Å²) in [5.41, 5.74) is 0.471. The SMILES string of the molecule is Cc1nc(COc2cccc(C(=O)N3CCCC3CC(=O)O)c2)no1. The zero-order chi connectivity index (χ0) is 17.8. The van der Waals surface area contributed by atoms with E-state index in [0.29, 0.717) is 36.0 Å². The van der Waals surface area contributed by atoms with Crippen molar-refractivity contribution in [2.75, 3.05) is 6.54 Å². The molecule has 1 fully saturated rings. The van der Waals surface area contributed by atoms with Gasteiger partial charge in [-0.1, -0.05) is 11.2 Å². The lowest BCUT2D eigenvalue weighted by molar-refractivity contribution is -0.137. The molecule has 0 spiro atoms. The third kappa shape index (κ3) is 4.14. The van der Waals surface area contributed by atoms with Gasteiger partial charge in [-0.15, -0.1) is 0 Å². The van der Waals surface area contributed by atoms with Crippen LogP contribution in [0.4, 0.5) is 0 Å². The first kappa shape index (κ1) is 16.9. The molecule has 2 aromatic rings. The Balaban J connectivity index is 1.67. The molecule has 1 unspecified atom stereocenters. The van der Waals surface area contributed by atoms with Crippen LogP contribution in [0.1, 0.15) is 41.3 Å². The van der Waals surface area contributed by atoms with Gasteiger partial charge < -0.3 is 19.3 Å². The highest BCUT2D eigenvalue weighted by molar-refractivity contribution is 5.95. The summed E-state index contributed by atoms with van der Waals surface area (Å²) in [6.07, 6.45) is 1.50. The Labute approximate surface area is 144 Å². The van der Waals surface area contributed by atoms with E-state index >= 15 is 0 Å². The Morgan fingerprint density at radius 1 is 1.44 bits per heavy atom. The van der Waals surface area contributed by atoms with Crippen LogP contribution in [0.5, 0.6) is 5.75 Å². The van der Waals surface area contributed by atoms with Crippen LogP contribution in [0, 0.1) is 6.92 Å². The molecule has 1 aromatic heterocycles. The molecule has 0 radical (unpaired) electrons. The van der Waals surface area contributed by atoms with E-state index in [2.05, 4.69) is 10.1 Å². The number of amides is 1. The summed E-state index contributed by atoms with van der Waals surface area (Å²) < 4.78 is 10.5. The van der Waals surface area contributed by atoms with E-state index in [1.165, 1.54) is 0 Å². The average Bonchev–Trinajstić information content (AvgIpc) is 3.21. The Bertz CT molecular complexity index is 773. The van der Waals surface area contributed by atoms with Crippen molar-refractivity contribution >= 4 is 11.9 Å². The maximum Gasteiger partial charge on any atom is 0.305 e. The maximum absolute atomic E-state index is 12.7. The van der Waals surface area contributed by atoms with Gasteiger partial charge in [-0.25, -0.2) is 0 Å². The third-order valence-corrected chi connectivity index (χ3v) is 4.07. The number of aromatic nitrogens is 2. The van der Waals surface area contributed by atoms with Gasteiger partial charge in [0.2, 0.25) is 11.7 Å². The van der Waals surface area contributed by atoms with Crippen molar-refractivity contribution in [3.8, 4) is 5.75 Å². The first-order valence-corrected chi connectivity index (χ1v) is 8.08. The maximum atomic E-state index is 12.7. The van der Waals surface area contributed by atoms with Crippen LogP contribution in [0.2, 0.25) is 0 Å². The standard InChI is InChI=1S/C17H19N3O5/c1-11-18-15(19-25-11)10-24-14-6-2-4-12(8-14)17(23)20-7-3-5-13(20)9-16(21)22/h2,4,6,8,13H,3,5,7,9-10H2,1H3,(H,21,22). The Hall–Kier alpha value is -2.90. The van der Waals surface area contributed by atoms with Gasteiger partial charge in [0, 0.05) is 25.1 Å². The molecule has 132 valence electrons. The summed E-state index contributed by atoms with van der Waals surface area (Å²) >= 11 is 0. The number of carbonyl (C=O) groups is 2. The summed E-state index contributed by atoms with van der Waals surface area (Å²) in [5.74, 6) is 0.334. The first-order chi connectivity index (χ1) is 12.0. The topological polar surface area (TPSA) is 106 Å². The van der Waals surface area contributed by atoms with Crippen molar-refractivity contribution in [1.82, 2.24) is 15.0 Å². The van der Waals surface area contributed by atoms with Gasteiger partial charge in [-0.2, -0.15) is 4.98 Å². The Morgan fingerprint density at radius 3 is 3.00 bits per heavy atom. The van der Waals surface area contributed by atoms with E-state index in [0.717, 1.165) is 6.42 Å². The highest BCUT2D eigenvalue weighted by atomic mass is 16.5. The minimum Gasteiger partial charge on any atom is -0.485 e. The summed E-state index contributed by atoms with van der Waals surface area (Å²) in [5, 5.41) is 12.7. The monoisotopic (exact) mass is 345 g/mol. The molecule has 0 aliphatic carbocycles. The summed E-state index contributed by atoms with van der Waals surface area (Å²) in [7, 11) is 0. The van der Waals surface area contributed by atoms with Gasteiger partial charge in [0.05, 0.1) is 6.42 Å². The van der Waals surface area contributed by atoms with Gasteiger partial charge in [-0.05, 0) is 31.0 Å². The number of carbonyl (C=O) groups excluding carboxylic acids is 1. The highest BCUT2D eigenvalue weighted by Crippen LogP contribution is 2.24.